The van der Waals surface area contributed by atoms with Crippen molar-refractivity contribution >= 4 is 23.1 Å². The lowest BCUT2D eigenvalue weighted by atomic mass is 9.87. The molecule has 3 aromatic rings. The van der Waals surface area contributed by atoms with E-state index in [1.54, 1.807) is 6.20 Å². The van der Waals surface area contributed by atoms with Crippen LogP contribution in [0.15, 0.2) is 60.8 Å². The van der Waals surface area contributed by atoms with Gasteiger partial charge in [-0.1, -0.05) is 65.8 Å². The maximum atomic E-state index is 4.57. The maximum Gasteiger partial charge on any atom is 0.229 e. The van der Waals surface area contributed by atoms with E-state index in [1.807, 2.05) is 6.07 Å². The highest BCUT2D eigenvalue weighted by Crippen LogP contribution is 2.26. The van der Waals surface area contributed by atoms with Gasteiger partial charge in [-0.05, 0) is 52.3 Å². The highest BCUT2D eigenvalue weighted by Gasteiger charge is 2.14. The van der Waals surface area contributed by atoms with E-state index in [0.29, 0.717) is 5.95 Å². The van der Waals surface area contributed by atoms with Gasteiger partial charge in [-0.15, -0.1) is 0 Å². The average molecular weight is 375 g/mol. The van der Waals surface area contributed by atoms with Gasteiger partial charge in [0.25, 0.3) is 0 Å². The van der Waals surface area contributed by atoms with Crippen molar-refractivity contribution in [1.29, 1.82) is 0 Å². The Bertz CT molecular complexity index is 840. The first-order chi connectivity index (χ1) is 13.1. The molecule has 3 rings (SSSR count). The van der Waals surface area contributed by atoms with Crippen LogP contribution in [0.3, 0.4) is 0 Å². The number of anilines is 4. The molecule has 28 heavy (non-hydrogen) atoms. The van der Waals surface area contributed by atoms with Crippen LogP contribution in [0.5, 0.6) is 0 Å². The Hall–Kier alpha value is -2.88. The fraction of sp³-hybridized carbons (Fsp3) is 0.333. The Kier molecular flexibility index (Phi) is 5.41. The van der Waals surface area contributed by atoms with Gasteiger partial charge in [0.15, 0.2) is 0 Å². The molecule has 0 atom stereocenters. The maximum absolute atomic E-state index is 4.57. The summed E-state index contributed by atoms with van der Waals surface area (Å²) < 4.78 is 0. The summed E-state index contributed by atoms with van der Waals surface area (Å²) in [5.74, 6) is 1.33. The van der Waals surface area contributed by atoms with Crippen LogP contribution in [0.25, 0.3) is 0 Å². The fourth-order valence-corrected chi connectivity index (χ4v) is 2.87. The van der Waals surface area contributed by atoms with E-state index in [1.165, 1.54) is 11.1 Å². The molecule has 0 radical (unpaired) electrons. The molecule has 0 saturated heterocycles. The van der Waals surface area contributed by atoms with E-state index in [0.717, 1.165) is 17.2 Å². The fourth-order valence-electron chi connectivity index (χ4n) is 2.87. The Morgan fingerprint density at radius 3 is 1.54 bits per heavy atom. The van der Waals surface area contributed by atoms with Gasteiger partial charge in [0.05, 0.1) is 0 Å². The quantitative estimate of drug-likeness (QED) is 0.543. The van der Waals surface area contributed by atoms with Crippen LogP contribution in [0.2, 0.25) is 0 Å². The third-order valence-corrected chi connectivity index (χ3v) is 4.69. The van der Waals surface area contributed by atoms with Crippen LogP contribution >= 0.6 is 0 Å². The highest BCUT2D eigenvalue weighted by atomic mass is 15.1. The van der Waals surface area contributed by atoms with Crippen molar-refractivity contribution < 1.29 is 0 Å². The molecule has 0 bridgehead atoms. The van der Waals surface area contributed by atoms with Gasteiger partial charge in [-0.3, -0.25) is 0 Å². The third-order valence-electron chi connectivity index (χ3n) is 4.69. The molecule has 0 aliphatic rings. The minimum atomic E-state index is 0.140. The molecule has 1 aromatic heterocycles. The van der Waals surface area contributed by atoms with E-state index in [9.17, 15) is 0 Å². The zero-order valence-corrected chi connectivity index (χ0v) is 17.7. The van der Waals surface area contributed by atoms with Crippen LogP contribution in [0, 0.1) is 0 Å². The first-order valence-electron chi connectivity index (χ1n) is 9.69. The topological polar surface area (TPSA) is 49.8 Å². The van der Waals surface area contributed by atoms with Crippen molar-refractivity contribution in [1.82, 2.24) is 9.97 Å². The Morgan fingerprint density at radius 2 is 1.07 bits per heavy atom. The molecule has 0 aliphatic carbocycles. The number of aromatic nitrogens is 2. The van der Waals surface area contributed by atoms with Crippen LogP contribution in [-0.4, -0.2) is 9.97 Å². The molecule has 0 spiro atoms. The van der Waals surface area contributed by atoms with Gasteiger partial charge in [0, 0.05) is 17.6 Å². The molecular weight excluding hydrogens is 344 g/mol. The molecule has 0 aliphatic heterocycles. The summed E-state index contributed by atoms with van der Waals surface area (Å²) in [4.78, 5) is 8.90. The molecule has 2 aromatic carbocycles. The largest absolute Gasteiger partial charge is 0.340 e. The number of benzene rings is 2. The van der Waals surface area contributed by atoms with Crippen LogP contribution < -0.4 is 10.6 Å². The summed E-state index contributed by atoms with van der Waals surface area (Å²) in [5.41, 5.74) is 4.87. The number of hydrogen-bond acceptors (Lipinski definition) is 4. The molecular formula is C24H30N4. The second kappa shape index (κ2) is 7.63. The molecule has 0 saturated carbocycles. The van der Waals surface area contributed by atoms with Crippen molar-refractivity contribution in [3.8, 4) is 0 Å². The SMILES string of the molecule is CC(C)(C)c1ccc(Nc2ccnc(Nc3ccc(C(C)(C)C)cc3)n2)cc1. The Morgan fingerprint density at radius 1 is 0.607 bits per heavy atom. The van der Waals surface area contributed by atoms with Crippen LogP contribution in [0.1, 0.15) is 52.7 Å². The van der Waals surface area contributed by atoms with Crippen LogP contribution in [0.4, 0.5) is 23.1 Å². The zero-order valence-electron chi connectivity index (χ0n) is 17.7. The predicted octanol–water partition coefficient (Wildman–Crippen LogP) is 6.56. The van der Waals surface area contributed by atoms with Crippen LogP contribution in [-0.2, 0) is 10.8 Å². The van der Waals surface area contributed by atoms with Gasteiger partial charge < -0.3 is 10.6 Å². The summed E-state index contributed by atoms with van der Waals surface area (Å²) in [5, 5.41) is 6.62. The second-order valence-corrected chi connectivity index (χ2v) is 9.17. The molecule has 0 unspecified atom stereocenters. The molecule has 4 nitrogen and oxygen atoms in total. The lowest BCUT2D eigenvalue weighted by molar-refractivity contribution is 0.590. The standard InChI is InChI=1S/C24H30N4/c1-23(2,3)17-7-11-19(12-8-17)26-21-15-16-25-22(28-21)27-20-13-9-18(10-14-20)24(4,5)6/h7-16H,1-6H3,(H2,25,26,27,28). The minimum absolute atomic E-state index is 0.140. The van der Waals surface area contributed by atoms with E-state index in [-0.39, 0.29) is 10.8 Å². The monoisotopic (exact) mass is 374 g/mol. The van der Waals surface area contributed by atoms with Crippen molar-refractivity contribution in [3.05, 3.63) is 71.9 Å². The van der Waals surface area contributed by atoms with Gasteiger partial charge in [0.1, 0.15) is 5.82 Å². The molecule has 4 heteroatoms. The van der Waals surface area contributed by atoms with E-state index >= 15 is 0 Å². The minimum Gasteiger partial charge on any atom is -0.340 e. The summed E-state index contributed by atoms with van der Waals surface area (Å²) in [6, 6.07) is 18.7. The first kappa shape index (κ1) is 19.9. The van der Waals surface area contributed by atoms with E-state index in [4.69, 9.17) is 0 Å². The van der Waals surface area contributed by atoms with E-state index in [2.05, 4.69) is 111 Å². The second-order valence-electron chi connectivity index (χ2n) is 9.17. The Balaban J connectivity index is 1.70. The van der Waals surface area contributed by atoms with Gasteiger partial charge in [-0.25, -0.2) is 4.98 Å². The number of hydrogen-bond donors (Lipinski definition) is 2. The van der Waals surface area contributed by atoms with Gasteiger partial charge in [0.2, 0.25) is 5.95 Å². The van der Waals surface area contributed by atoms with E-state index < -0.39 is 0 Å². The summed E-state index contributed by atoms with van der Waals surface area (Å²) >= 11 is 0. The molecule has 0 amide bonds. The van der Waals surface area contributed by atoms with Gasteiger partial charge >= 0.3 is 0 Å². The number of rotatable bonds is 4. The molecule has 0 fully saturated rings. The molecule has 1 heterocycles. The smallest absolute Gasteiger partial charge is 0.229 e. The number of nitrogens with one attached hydrogen (secondary N) is 2. The lowest BCUT2D eigenvalue weighted by Gasteiger charge is -2.19. The molecule has 2 N–H and O–H groups in total. The van der Waals surface area contributed by atoms with Crippen molar-refractivity contribution in [2.45, 2.75) is 52.4 Å². The number of nitrogens with zero attached hydrogens (tertiary/aromatic N) is 2. The third kappa shape index (κ3) is 5.10. The zero-order chi connectivity index (χ0) is 20.4. The average Bonchev–Trinajstić information content (AvgIpc) is 2.61. The van der Waals surface area contributed by atoms with Crippen molar-refractivity contribution in [2.24, 2.45) is 0 Å². The Labute approximate surface area is 168 Å². The summed E-state index contributed by atoms with van der Waals surface area (Å²) in [7, 11) is 0. The summed E-state index contributed by atoms with van der Waals surface area (Å²) in [6.45, 7) is 13.3. The van der Waals surface area contributed by atoms with Crippen molar-refractivity contribution in [3.63, 3.8) is 0 Å². The lowest BCUT2D eigenvalue weighted by Crippen LogP contribution is -2.10. The highest BCUT2D eigenvalue weighted by molar-refractivity contribution is 5.60. The predicted molar refractivity (Wildman–Crippen MR) is 119 cm³/mol. The van der Waals surface area contributed by atoms with Crippen molar-refractivity contribution in [2.75, 3.05) is 10.6 Å². The summed E-state index contributed by atoms with van der Waals surface area (Å²) in [6.07, 6.45) is 1.75. The van der Waals surface area contributed by atoms with Gasteiger partial charge in [-0.2, -0.15) is 4.98 Å². The first-order valence-corrected chi connectivity index (χ1v) is 9.69. The normalized spacial score (nSPS) is 11.9. The molecule has 146 valence electrons.